The van der Waals surface area contributed by atoms with Crippen molar-refractivity contribution in [3.05, 3.63) is 29.8 Å². The van der Waals surface area contributed by atoms with Gasteiger partial charge in [-0.05, 0) is 31.4 Å². The second kappa shape index (κ2) is 4.91. The molecule has 0 aromatic heterocycles. The predicted molar refractivity (Wildman–Crippen MR) is 71.8 cm³/mol. The zero-order chi connectivity index (χ0) is 14.0. The lowest BCUT2D eigenvalue weighted by Gasteiger charge is -2.34. The summed E-state index contributed by atoms with van der Waals surface area (Å²) in [6.07, 6.45) is 1.61. The smallest absolute Gasteiger partial charge is 0.329 e. The van der Waals surface area contributed by atoms with Crippen LogP contribution in [-0.4, -0.2) is 34.0 Å². The summed E-state index contributed by atoms with van der Waals surface area (Å²) >= 11 is 0. The minimum Gasteiger partial charge on any atom is -0.479 e. The molecule has 1 aromatic carbocycles. The van der Waals surface area contributed by atoms with Crippen molar-refractivity contribution in [2.45, 2.75) is 31.7 Å². The molecule has 1 saturated heterocycles. The van der Waals surface area contributed by atoms with Crippen LogP contribution in [-0.2, 0) is 4.79 Å². The summed E-state index contributed by atoms with van der Waals surface area (Å²) in [5.41, 5.74) is 5.48. The molecular weight excluding hydrogens is 244 g/mol. The van der Waals surface area contributed by atoms with Gasteiger partial charge in [0.05, 0.1) is 5.56 Å². The van der Waals surface area contributed by atoms with Gasteiger partial charge in [0.2, 0.25) is 0 Å². The van der Waals surface area contributed by atoms with E-state index in [-0.39, 0.29) is 5.91 Å². The second-order valence-corrected chi connectivity index (χ2v) is 4.84. The molecule has 0 radical (unpaired) electrons. The fraction of sp³-hybridized carbons (Fsp3) is 0.429. The molecule has 1 aliphatic rings. The average Bonchev–Trinajstić information content (AvgIpc) is 2.83. The zero-order valence-corrected chi connectivity index (χ0v) is 10.9. The Labute approximate surface area is 112 Å². The number of nitrogens with two attached hydrogens (primary N) is 1. The molecule has 1 heterocycles. The molecule has 1 aromatic rings. The third-order valence-corrected chi connectivity index (χ3v) is 3.91. The summed E-state index contributed by atoms with van der Waals surface area (Å²) in [5.74, 6) is -1.23. The van der Waals surface area contributed by atoms with E-state index in [1.54, 1.807) is 31.2 Å². The SMILES string of the molecule is CCC1(C(=O)O)CCCN1C(=O)c1ccccc1N. The first-order chi connectivity index (χ1) is 9.03. The van der Waals surface area contributed by atoms with Gasteiger partial charge in [0.1, 0.15) is 5.54 Å². The van der Waals surface area contributed by atoms with E-state index in [2.05, 4.69) is 0 Å². The second-order valence-electron chi connectivity index (χ2n) is 4.84. The van der Waals surface area contributed by atoms with Gasteiger partial charge >= 0.3 is 5.97 Å². The van der Waals surface area contributed by atoms with Crippen molar-refractivity contribution in [2.24, 2.45) is 0 Å². The van der Waals surface area contributed by atoms with Gasteiger partial charge < -0.3 is 15.7 Å². The van der Waals surface area contributed by atoms with Gasteiger partial charge in [-0.1, -0.05) is 19.1 Å². The molecule has 19 heavy (non-hydrogen) atoms. The number of anilines is 1. The van der Waals surface area contributed by atoms with Crippen molar-refractivity contribution in [3.63, 3.8) is 0 Å². The van der Waals surface area contributed by atoms with E-state index < -0.39 is 11.5 Å². The molecule has 5 nitrogen and oxygen atoms in total. The maximum Gasteiger partial charge on any atom is 0.329 e. The normalized spacial score (nSPS) is 22.5. The van der Waals surface area contributed by atoms with Crippen LogP contribution in [0.25, 0.3) is 0 Å². The lowest BCUT2D eigenvalue weighted by molar-refractivity contribution is -0.148. The number of amides is 1. The summed E-state index contributed by atoms with van der Waals surface area (Å²) < 4.78 is 0. The molecule has 1 amide bonds. The molecule has 1 fully saturated rings. The molecule has 3 N–H and O–H groups in total. The number of benzene rings is 1. The molecule has 0 bridgehead atoms. The van der Waals surface area contributed by atoms with E-state index in [1.807, 2.05) is 0 Å². The summed E-state index contributed by atoms with van der Waals surface area (Å²) in [6.45, 7) is 2.27. The van der Waals surface area contributed by atoms with Crippen LogP contribution in [0.5, 0.6) is 0 Å². The van der Waals surface area contributed by atoms with Gasteiger partial charge in [-0.25, -0.2) is 4.79 Å². The lowest BCUT2D eigenvalue weighted by Crippen LogP contribution is -2.52. The topological polar surface area (TPSA) is 83.6 Å². The number of carbonyl (C=O) groups is 2. The van der Waals surface area contributed by atoms with E-state index >= 15 is 0 Å². The highest BCUT2D eigenvalue weighted by Crippen LogP contribution is 2.34. The lowest BCUT2D eigenvalue weighted by atomic mass is 9.92. The molecule has 1 aliphatic heterocycles. The highest BCUT2D eigenvalue weighted by Gasteiger charge is 2.48. The number of carbonyl (C=O) groups excluding carboxylic acids is 1. The zero-order valence-electron chi connectivity index (χ0n) is 10.9. The molecule has 1 unspecified atom stereocenters. The van der Waals surface area contributed by atoms with Crippen LogP contribution < -0.4 is 5.73 Å². The number of carboxylic acid groups (broad SMARTS) is 1. The fourth-order valence-electron chi connectivity index (χ4n) is 2.75. The summed E-state index contributed by atoms with van der Waals surface area (Å²) in [7, 11) is 0. The number of aliphatic carboxylic acids is 1. The minimum atomic E-state index is -1.08. The van der Waals surface area contributed by atoms with Crippen molar-refractivity contribution >= 4 is 17.6 Å². The van der Waals surface area contributed by atoms with Gasteiger partial charge in [0.15, 0.2) is 0 Å². The largest absolute Gasteiger partial charge is 0.479 e. The maximum absolute atomic E-state index is 12.5. The van der Waals surface area contributed by atoms with Crippen LogP contribution in [0.4, 0.5) is 5.69 Å². The Morgan fingerprint density at radius 1 is 1.42 bits per heavy atom. The number of hydrogen-bond donors (Lipinski definition) is 2. The Morgan fingerprint density at radius 3 is 2.68 bits per heavy atom. The van der Waals surface area contributed by atoms with Gasteiger partial charge in [-0.3, -0.25) is 4.79 Å². The van der Waals surface area contributed by atoms with Crippen LogP contribution in [0.3, 0.4) is 0 Å². The number of rotatable bonds is 3. The molecule has 5 heteroatoms. The number of carboxylic acids is 1. The van der Waals surface area contributed by atoms with Crippen molar-refractivity contribution in [1.29, 1.82) is 0 Å². The van der Waals surface area contributed by atoms with Gasteiger partial charge in [0, 0.05) is 12.2 Å². The van der Waals surface area contributed by atoms with Crippen molar-refractivity contribution in [2.75, 3.05) is 12.3 Å². The number of nitrogen functional groups attached to an aromatic ring is 1. The molecule has 0 saturated carbocycles. The number of likely N-dealkylation sites (tertiary alicyclic amines) is 1. The molecule has 102 valence electrons. The summed E-state index contributed by atoms with van der Waals surface area (Å²) in [5, 5.41) is 9.47. The minimum absolute atomic E-state index is 0.292. The summed E-state index contributed by atoms with van der Waals surface area (Å²) in [4.78, 5) is 25.5. The number of para-hydroxylation sites is 1. The first-order valence-corrected chi connectivity index (χ1v) is 6.43. The van der Waals surface area contributed by atoms with E-state index in [4.69, 9.17) is 5.73 Å². The Balaban J connectivity index is 2.38. The molecule has 2 rings (SSSR count). The molecule has 0 spiro atoms. The summed E-state index contributed by atoms with van der Waals surface area (Å²) in [6, 6.07) is 6.77. The van der Waals surface area contributed by atoms with E-state index in [1.165, 1.54) is 4.90 Å². The first kappa shape index (κ1) is 13.4. The van der Waals surface area contributed by atoms with Crippen molar-refractivity contribution in [1.82, 2.24) is 4.90 Å². The first-order valence-electron chi connectivity index (χ1n) is 6.43. The van der Waals surface area contributed by atoms with E-state index in [0.29, 0.717) is 37.1 Å². The monoisotopic (exact) mass is 262 g/mol. The van der Waals surface area contributed by atoms with Gasteiger partial charge in [-0.2, -0.15) is 0 Å². The average molecular weight is 262 g/mol. The third-order valence-electron chi connectivity index (χ3n) is 3.91. The highest BCUT2D eigenvalue weighted by atomic mass is 16.4. The fourth-order valence-corrected chi connectivity index (χ4v) is 2.75. The molecule has 1 atom stereocenters. The standard InChI is InChI=1S/C14H18N2O3/c1-2-14(13(18)19)8-5-9-16(14)12(17)10-6-3-4-7-11(10)15/h3-4,6-7H,2,5,8-9,15H2,1H3,(H,18,19). The van der Waals surface area contributed by atoms with Crippen LogP contribution in [0.1, 0.15) is 36.5 Å². The van der Waals surface area contributed by atoms with Crippen molar-refractivity contribution < 1.29 is 14.7 Å². The number of nitrogens with zero attached hydrogens (tertiary/aromatic N) is 1. The van der Waals surface area contributed by atoms with Crippen LogP contribution in [0.2, 0.25) is 0 Å². The highest BCUT2D eigenvalue weighted by molar-refractivity contribution is 6.02. The van der Waals surface area contributed by atoms with Crippen molar-refractivity contribution in [3.8, 4) is 0 Å². The Hall–Kier alpha value is -2.04. The molecular formula is C14H18N2O3. The van der Waals surface area contributed by atoms with E-state index in [0.717, 1.165) is 0 Å². The Bertz CT molecular complexity index is 515. The van der Waals surface area contributed by atoms with E-state index in [9.17, 15) is 14.7 Å². The Morgan fingerprint density at radius 2 is 2.11 bits per heavy atom. The van der Waals surface area contributed by atoms with Crippen LogP contribution in [0, 0.1) is 0 Å². The maximum atomic E-state index is 12.5. The number of hydrogen-bond acceptors (Lipinski definition) is 3. The third kappa shape index (κ3) is 2.05. The molecule has 0 aliphatic carbocycles. The van der Waals surface area contributed by atoms with Crippen LogP contribution >= 0.6 is 0 Å². The predicted octanol–water partition coefficient (Wildman–Crippen LogP) is 1.74. The van der Waals surface area contributed by atoms with Gasteiger partial charge in [0.25, 0.3) is 5.91 Å². The Kier molecular flexibility index (Phi) is 3.46. The van der Waals surface area contributed by atoms with Gasteiger partial charge in [-0.15, -0.1) is 0 Å². The quantitative estimate of drug-likeness (QED) is 0.813. The van der Waals surface area contributed by atoms with Crippen LogP contribution in [0.15, 0.2) is 24.3 Å².